The highest BCUT2D eigenvalue weighted by Crippen LogP contribution is 2.39. The first-order chi connectivity index (χ1) is 15.4. The average molecular weight is 435 g/mol. The first-order valence-electron chi connectivity index (χ1n) is 11.1. The van der Waals surface area contributed by atoms with Crippen molar-refractivity contribution in [3.63, 3.8) is 0 Å². The van der Waals surface area contributed by atoms with Crippen molar-refractivity contribution in [2.24, 2.45) is 4.99 Å². The molecule has 0 radical (unpaired) electrons. The van der Waals surface area contributed by atoms with Gasteiger partial charge in [0.15, 0.2) is 5.96 Å². The Balaban J connectivity index is 1.27. The van der Waals surface area contributed by atoms with Crippen LogP contribution in [0.25, 0.3) is 0 Å². The van der Waals surface area contributed by atoms with Crippen molar-refractivity contribution < 1.29 is 14.3 Å². The van der Waals surface area contributed by atoms with Crippen molar-refractivity contribution in [2.45, 2.75) is 44.8 Å². The molecule has 2 aromatic rings. The van der Waals surface area contributed by atoms with Gasteiger partial charge in [0.05, 0.1) is 17.2 Å². The van der Waals surface area contributed by atoms with E-state index in [1.807, 2.05) is 18.2 Å². The Morgan fingerprint density at radius 1 is 1.06 bits per heavy atom. The number of aliphatic imine (C=N–C) groups is 1. The number of carbonyl (C=O) groups is 2. The molecule has 32 heavy (non-hydrogen) atoms. The van der Waals surface area contributed by atoms with E-state index in [2.05, 4.69) is 35.5 Å². The first kappa shape index (κ1) is 21.9. The van der Waals surface area contributed by atoms with E-state index in [0.29, 0.717) is 24.2 Å². The van der Waals surface area contributed by atoms with Crippen LogP contribution in [-0.4, -0.2) is 48.4 Å². The number of hydrogen-bond acceptors (Lipinski definition) is 4. The fraction of sp³-hybridized carbons (Fsp3) is 0.400. The van der Waals surface area contributed by atoms with Crippen molar-refractivity contribution in [1.29, 1.82) is 0 Å². The number of nitrogens with zero attached hydrogens (tertiary/aromatic N) is 2. The SMILES string of the molecule is CN=C(NCCCCN1C(=O)c2ccccc2C1=O)NC1CC(C)(C)Oc2ccccc21. The number of hydrogen-bond donors (Lipinski definition) is 2. The summed E-state index contributed by atoms with van der Waals surface area (Å²) in [4.78, 5) is 30.6. The maximum Gasteiger partial charge on any atom is 0.261 e. The Hall–Kier alpha value is -3.35. The number of guanidine groups is 1. The smallest absolute Gasteiger partial charge is 0.261 e. The van der Waals surface area contributed by atoms with Crippen molar-refractivity contribution in [3.05, 3.63) is 65.2 Å². The minimum atomic E-state index is -0.267. The van der Waals surface area contributed by atoms with Crippen LogP contribution in [0.15, 0.2) is 53.5 Å². The molecule has 7 nitrogen and oxygen atoms in total. The van der Waals surface area contributed by atoms with E-state index < -0.39 is 0 Å². The minimum Gasteiger partial charge on any atom is -0.487 e. The standard InChI is InChI=1S/C25H30N4O3/c1-25(2)16-20(19-12-6-7-13-21(19)32-25)28-24(26-3)27-14-8-9-15-29-22(30)17-10-4-5-11-18(17)23(29)31/h4-7,10-13,20H,8-9,14-16H2,1-3H3,(H2,26,27,28). The molecular formula is C25H30N4O3. The van der Waals surface area contributed by atoms with E-state index in [0.717, 1.165) is 36.5 Å². The summed E-state index contributed by atoms with van der Waals surface area (Å²) < 4.78 is 6.11. The number of nitrogens with one attached hydrogen (secondary N) is 2. The third-order valence-electron chi connectivity index (χ3n) is 5.89. The molecule has 1 atom stereocenters. The molecular weight excluding hydrogens is 404 g/mol. The molecule has 7 heteroatoms. The largest absolute Gasteiger partial charge is 0.487 e. The number of imide groups is 1. The highest BCUT2D eigenvalue weighted by molar-refractivity contribution is 6.21. The predicted molar refractivity (Wildman–Crippen MR) is 124 cm³/mol. The van der Waals surface area contributed by atoms with Crippen molar-refractivity contribution >= 4 is 17.8 Å². The molecule has 0 fully saturated rings. The Morgan fingerprint density at radius 2 is 1.72 bits per heavy atom. The number of carbonyl (C=O) groups excluding carboxylic acids is 2. The molecule has 2 heterocycles. The Bertz CT molecular complexity index is 1010. The molecule has 2 aromatic carbocycles. The second-order valence-corrected chi connectivity index (χ2v) is 8.81. The van der Waals surface area contributed by atoms with Gasteiger partial charge in [0.25, 0.3) is 11.8 Å². The van der Waals surface area contributed by atoms with Gasteiger partial charge < -0.3 is 15.4 Å². The fourth-order valence-corrected chi connectivity index (χ4v) is 4.33. The summed E-state index contributed by atoms with van der Waals surface area (Å²) in [5, 5.41) is 6.87. The van der Waals surface area contributed by atoms with Gasteiger partial charge in [0.2, 0.25) is 0 Å². The topological polar surface area (TPSA) is 83.0 Å². The van der Waals surface area contributed by atoms with Gasteiger partial charge in [-0.25, -0.2) is 0 Å². The predicted octanol–water partition coefficient (Wildman–Crippen LogP) is 3.53. The highest BCUT2D eigenvalue weighted by atomic mass is 16.5. The van der Waals surface area contributed by atoms with Crippen LogP contribution < -0.4 is 15.4 Å². The molecule has 2 N–H and O–H groups in total. The minimum absolute atomic E-state index is 0.0968. The van der Waals surface area contributed by atoms with E-state index in [9.17, 15) is 9.59 Å². The van der Waals surface area contributed by atoms with Gasteiger partial charge in [-0.3, -0.25) is 19.5 Å². The monoisotopic (exact) mass is 434 g/mol. The molecule has 0 bridgehead atoms. The lowest BCUT2D eigenvalue weighted by molar-refractivity contribution is 0.0649. The lowest BCUT2D eigenvalue weighted by Gasteiger charge is -2.38. The van der Waals surface area contributed by atoms with E-state index in [4.69, 9.17) is 4.74 Å². The van der Waals surface area contributed by atoms with Crippen LogP contribution in [0.5, 0.6) is 5.75 Å². The zero-order valence-electron chi connectivity index (χ0n) is 18.9. The Morgan fingerprint density at radius 3 is 2.41 bits per heavy atom. The second-order valence-electron chi connectivity index (χ2n) is 8.81. The molecule has 0 saturated carbocycles. The molecule has 168 valence electrons. The highest BCUT2D eigenvalue weighted by Gasteiger charge is 2.35. The molecule has 0 spiro atoms. The van der Waals surface area contributed by atoms with Gasteiger partial charge in [0.1, 0.15) is 11.4 Å². The number of unbranched alkanes of at least 4 members (excludes halogenated alkanes) is 1. The van der Waals surface area contributed by atoms with E-state index in [1.165, 1.54) is 4.90 Å². The number of benzene rings is 2. The molecule has 1 unspecified atom stereocenters. The summed E-state index contributed by atoms with van der Waals surface area (Å²) in [7, 11) is 1.75. The van der Waals surface area contributed by atoms with Crippen molar-refractivity contribution in [2.75, 3.05) is 20.1 Å². The summed E-state index contributed by atoms with van der Waals surface area (Å²) >= 11 is 0. The normalized spacial score (nSPS) is 19.3. The third kappa shape index (κ3) is 4.47. The van der Waals surface area contributed by atoms with Crippen molar-refractivity contribution in [3.8, 4) is 5.75 Å². The molecule has 0 aliphatic carbocycles. The summed E-state index contributed by atoms with van der Waals surface area (Å²) in [6.45, 7) is 5.29. The molecule has 2 aliphatic rings. The lowest BCUT2D eigenvalue weighted by atomic mass is 9.90. The summed E-state index contributed by atoms with van der Waals surface area (Å²) in [5.41, 5.74) is 1.86. The van der Waals surface area contributed by atoms with Crippen molar-refractivity contribution in [1.82, 2.24) is 15.5 Å². The Labute approximate surface area is 188 Å². The zero-order valence-corrected chi connectivity index (χ0v) is 18.9. The molecule has 4 rings (SSSR count). The van der Waals surface area contributed by atoms with Crippen LogP contribution in [0.1, 0.15) is 65.4 Å². The number of fused-ring (bicyclic) bond motifs is 2. The van der Waals surface area contributed by atoms with Gasteiger partial charge in [-0.05, 0) is 44.9 Å². The number of ether oxygens (including phenoxy) is 1. The molecule has 2 aliphatic heterocycles. The van der Waals surface area contributed by atoms with Gasteiger partial charge in [0, 0.05) is 32.1 Å². The zero-order chi connectivity index (χ0) is 22.7. The summed E-state index contributed by atoms with van der Waals surface area (Å²) in [6, 6.07) is 15.2. The van der Waals surface area contributed by atoms with Crippen LogP contribution in [-0.2, 0) is 0 Å². The third-order valence-corrected chi connectivity index (χ3v) is 5.89. The number of rotatable bonds is 6. The lowest BCUT2D eigenvalue weighted by Crippen LogP contribution is -2.45. The van der Waals surface area contributed by atoms with Gasteiger partial charge in [-0.1, -0.05) is 30.3 Å². The molecule has 0 saturated heterocycles. The van der Waals surface area contributed by atoms with E-state index >= 15 is 0 Å². The van der Waals surface area contributed by atoms with Crippen LogP contribution >= 0.6 is 0 Å². The maximum absolute atomic E-state index is 12.5. The van der Waals surface area contributed by atoms with Gasteiger partial charge in [-0.2, -0.15) is 0 Å². The average Bonchev–Trinajstić information content (AvgIpc) is 3.02. The maximum atomic E-state index is 12.5. The first-order valence-corrected chi connectivity index (χ1v) is 11.1. The van der Waals surface area contributed by atoms with Crippen LogP contribution in [0.3, 0.4) is 0 Å². The van der Waals surface area contributed by atoms with Crippen LogP contribution in [0.2, 0.25) is 0 Å². The summed E-state index contributed by atoms with van der Waals surface area (Å²) in [6.07, 6.45) is 2.36. The van der Waals surface area contributed by atoms with E-state index in [-0.39, 0.29) is 23.5 Å². The number of amides is 2. The number of para-hydroxylation sites is 1. The second kappa shape index (κ2) is 9.02. The molecule has 0 aromatic heterocycles. The Kier molecular flexibility index (Phi) is 6.17. The van der Waals surface area contributed by atoms with E-state index in [1.54, 1.807) is 31.3 Å². The van der Waals surface area contributed by atoms with Crippen LogP contribution in [0.4, 0.5) is 0 Å². The molecule has 2 amide bonds. The van der Waals surface area contributed by atoms with Gasteiger partial charge in [-0.15, -0.1) is 0 Å². The quantitative estimate of drug-likeness (QED) is 0.315. The van der Waals surface area contributed by atoms with Gasteiger partial charge >= 0.3 is 0 Å². The fourth-order valence-electron chi connectivity index (χ4n) is 4.33. The van der Waals surface area contributed by atoms with Crippen LogP contribution in [0, 0.1) is 0 Å². The summed E-state index contributed by atoms with van der Waals surface area (Å²) in [5.74, 6) is 1.23.